The molecule has 1 heteroatoms. The predicted molar refractivity (Wildman–Crippen MR) is 136 cm³/mol. The molecule has 4 aliphatic carbocycles. The number of rotatable bonds is 1. The van der Waals surface area contributed by atoms with Gasteiger partial charge in [0.25, 0.3) is 0 Å². The summed E-state index contributed by atoms with van der Waals surface area (Å²) in [7, 11) is 0. The van der Waals surface area contributed by atoms with E-state index in [4.69, 9.17) is 0 Å². The lowest BCUT2D eigenvalue weighted by molar-refractivity contribution is 0.248. The number of hydrogen-bond acceptors (Lipinski definition) is 1. The molecule has 0 fully saturated rings. The van der Waals surface area contributed by atoms with Crippen LogP contribution >= 0.6 is 0 Å². The second kappa shape index (κ2) is 6.44. The first-order valence-electron chi connectivity index (χ1n) is 11.8. The molecule has 0 unspecified atom stereocenters. The monoisotopic (exact) mass is 421 g/mol. The zero-order valence-corrected chi connectivity index (χ0v) is 20.8. The topological polar surface area (TPSA) is 12.9 Å². The highest BCUT2D eigenvalue weighted by molar-refractivity contribution is 5.90. The summed E-state index contributed by atoms with van der Waals surface area (Å²) in [5, 5.41) is 0. The van der Waals surface area contributed by atoms with Gasteiger partial charge in [-0.3, -0.25) is 4.98 Å². The zero-order valence-electron chi connectivity index (χ0n) is 20.8. The quantitative estimate of drug-likeness (QED) is 0.445. The van der Waals surface area contributed by atoms with Crippen LogP contribution in [0.2, 0.25) is 0 Å². The van der Waals surface area contributed by atoms with Crippen LogP contribution in [0.5, 0.6) is 0 Å². The maximum Gasteiger partial charge on any atom is 0.0315 e. The maximum atomic E-state index is 4.29. The number of pyridine rings is 1. The summed E-state index contributed by atoms with van der Waals surface area (Å²) in [6.07, 6.45) is 20.9. The SMILES string of the molecule is CC(C)(C)C1=CC2=CC=C3C=C(C(C)(C)C)C=C4C(c5ccncc5)=CC(=C1)[C@@]2(C)[C@@]34C. The molecule has 1 aromatic heterocycles. The van der Waals surface area contributed by atoms with Crippen LogP contribution in [0, 0.1) is 21.7 Å². The summed E-state index contributed by atoms with van der Waals surface area (Å²) in [5.41, 5.74) is 11.0. The van der Waals surface area contributed by atoms with Crippen molar-refractivity contribution >= 4 is 5.57 Å². The Morgan fingerprint density at radius 2 is 1.16 bits per heavy atom. The number of allylic oxidation sites excluding steroid dienone is 14. The molecule has 0 spiro atoms. The van der Waals surface area contributed by atoms with E-state index >= 15 is 0 Å². The average Bonchev–Trinajstić information content (AvgIpc) is 2.71. The molecule has 1 aromatic rings. The molecule has 1 heterocycles. The molecular weight excluding hydrogens is 386 g/mol. The number of nitrogens with zero attached hydrogens (tertiary/aromatic N) is 1. The van der Waals surface area contributed by atoms with E-state index in [9.17, 15) is 0 Å². The molecule has 2 atom stereocenters. The summed E-state index contributed by atoms with van der Waals surface area (Å²) < 4.78 is 0. The zero-order chi connectivity index (χ0) is 23.1. The van der Waals surface area contributed by atoms with Crippen molar-refractivity contribution < 1.29 is 0 Å². The van der Waals surface area contributed by atoms with Crippen molar-refractivity contribution in [3.05, 3.63) is 106 Å². The molecule has 0 amide bonds. The Balaban J connectivity index is 1.88. The first-order chi connectivity index (χ1) is 14.9. The van der Waals surface area contributed by atoms with Crippen LogP contribution in [0.25, 0.3) is 5.57 Å². The van der Waals surface area contributed by atoms with E-state index in [1.165, 1.54) is 44.6 Å². The average molecular weight is 422 g/mol. The van der Waals surface area contributed by atoms with Gasteiger partial charge in [-0.1, -0.05) is 91.8 Å². The van der Waals surface area contributed by atoms with Gasteiger partial charge in [-0.15, -0.1) is 0 Å². The Morgan fingerprint density at radius 1 is 0.625 bits per heavy atom. The molecule has 5 rings (SSSR count). The largest absolute Gasteiger partial charge is 0.265 e. The fraction of sp³-hybridized carbons (Fsp3) is 0.387. The van der Waals surface area contributed by atoms with Crippen LogP contribution in [-0.2, 0) is 0 Å². The predicted octanol–water partition coefficient (Wildman–Crippen LogP) is 8.18. The Labute approximate surface area is 193 Å². The van der Waals surface area contributed by atoms with Crippen LogP contribution in [0.1, 0.15) is 61.0 Å². The first-order valence-corrected chi connectivity index (χ1v) is 11.8. The molecule has 32 heavy (non-hydrogen) atoms. The molecule has 4 aliphatic rings. The lowest BCUT2D eigenvalue weighted by Gasteiger charge is -2.58. The minimum absolute atomic E-state index is 0.0887. The molecule has 0 N–H and O–H groups in total. The molecule has 0 aromatic carbocycles. The van der Waals surface area contributed by atoms with Gasteiger partial charge in [-0.25, -0.2) is 0 Å². The second-order valence-corrected chi connectivity index (χ2v) is 12.1. The van der Waals surface area contributed by atoms with Gasteiger partial charge in [0.05, 0.1) is 0 Å². The molecule has 0 bridgehead atoms. The third kappa shape index (κ3) is 2.73. The third-order valence-corrected chi connectivity index (χ3v) is 8.26. The summed E-state index contributed by atoms with van der Waals surface area (Å²) in [6, 6.07) is 4.31. The van der Waals surface area contributed by atoms with Crippen molar-refractivity contribution in [2.75, 3.05) is 0 Å². The van der Waals surface area contributed by atoms with Gasteiger partial charge in [0.2, 0.25) is 0 Å². The smallest absolute Gasteiger partial charge is 0.0315 e. The molecule has 0 saturated carbocycles. The third-order valence-electron chi connectivity index (χ3n) is 8.26. The number of hydrogen-bond donors (Lipinski definition) is 0. The van der Waals surface area contributed by atoms with E-state index in [0.29, 0.717) is 0 Å². The molecular formula is C31H35N. The van der Waals surface area contributed by atoms with Crippen molar-refractivity contribution in [3.63, 3.8) is 0 Å². The lowest BCUT2D eigenvalue weighted by Crippen LogP contribution is -2.48. The fourth-order valence-corrected chi connectivity index (χ4v) is 5.79. The minimum atomic E-state index is -0.120. The van der Waals surface area contributed by atoms with Gasteiger partial charge < -0.3 is 0 Å². The Bertz CT molecular complexity index is 1230. The van der Waals surface area contributed by atoms with Crippen LogP contribution in [0.4, 0.5) is 0 Å². The second-order valence-electron chi connectivity index (χ2n) is 12.1. The van der Waals surface area contributed by atoms with Crippen LogP contribution in [-0.4, -0.2) is 4.98 Å². The van der Waals surface area contributed by atoms with E-state index in [-0.39, 0.29) is 21.7 Å². The van der Waals surface area contributed by atoms with E-state index in [2.05, 4.69) is 115 Å². The number of aromatic nitrogens is 1. The van der Waals surface area contributed by atoms with Gasteiger partial charge in [0.1, 0.15) is 0 Å². The summed E-state index contributed by atoms with van der Waals surface area (Å²) >= 11 is 0. The Hall–Kier alpha value is -2.67. The van der Waals surface area contributed by atoms with Crippen LogP contribution < -0.4 is 0 Å². The fourth-order valence-electron chi connectivity index (χ4n) is 5.79. The van der Waals surface area contributed by atoms with E-state index in [1.807, 2.05) is 12.4 Å². The van der Waals surface area contributed by atoms with Crippen LogP contribution in [0.15, 0.2) is 100 Å². The Morgan fingerprint density at radius 3 is 1.72 bits per heavy atom. The van der Waals surface area contributed by atoms with E-state index < -0.39 is 0 Å². The highest BCUT2D eigenvalue weighted by atomic mass is 14.6. The molecule has 164 valence electrons. The highest BCUT2D eigenvalue weighted by Gasteiger charge is 2.58. The molecule has 1 nitrogen and oxygen atoms in total. The summed E-state index contributed by atoms with van der Waals surface area (Å²) in [6.45, 7) is 18.8. The van der Waals surface area contributed by atoms with Crippen LogP contribution in [0.3, 0.4) is 0 Å². The van der Waals surface area contributed by atoms with E-state index in [0.717, 1.165) is 0 Å². The van der Waals surface area contributed by atoms with Gasteiger partial charge in [0, 0.05) is 23.2 Å². The highest BCUT2D eigenvalue weighted by Crippen LogP contribution is 2.68. The normalized spacial score (nSPS) is 28.9. The molecule has 0 saturated heterocycles. The van der Waals surface area contributed by atoms with Crippen molar-refractivity contribution in [2.45, 2.75) is 55.4 Å². The molecule has 0 aliphatic heterocycles. The van der Waals surface area contributed by atoms with Crippen molar-refractivity contribution in [1.29, 1.82) is 0 Å². The summed E-state index contributed by atoms with van der Waals surface area (Å²) in [4.78, 5) is 4.29. The van der Waals surface area contributed by atoms with Crippen molar-refractivity contribution in [3.8, 4) is 0 Å². The van der Waals surface area contributed by atoms with Gasteiger partial charge >= 0.3 is 0 Å². The van der Waals surface area contributed by atoms with E-state index in [1.54, 1.807) is 0 Å². The van der Waals surface area contributed by atoms with Gasteiger partial charge in [0.15, 0.2) is 0 Å². The van der Waals surface area contributed by atoms with Gasteiger partial charge in [-0.05, 0) is 73.6 Å². The van der Waals surface area contributed by atoms with Crippen molar-refractivity contribution in [1.82, 2.24) is 4.98 Å². The Kier molecular flexibility index (Phi) is 4.26. The first kappa shape index (κ1) is 21.2. The lowest BCUT2D eigenvalue weighted by atomic mass is 9.44. The van der Waals surface area contributed by atoms with Crippen molar-refractivity contribution in [2.24, 2.45) is 21.7 Å². The van der Waals surface area contributed by atoms with Gasteiger partial charge in [-0.2, -0.15) is 0 Å². The minimum Gasteiger partial charge on any atom is -0.265 e. The standard InChI is InChI=1S/C31H35N/c1-28(2,3)23-15-21-9-10-22-16-24(29(4,5)6)19-27-26(20-11-13-32-14-12-20)18-25(17-23)30(21,7)31(22,27)8/h9-19H,1-8H3/t30-,31-/m0/s1. The molecule has 0 radical (unpaired) electrons. The summed E-state index contributed by atoms with van der Waals surface area (Å²) in [5.74, 6) is 0. The maximum absolute atomic E-state index is 4.29.